The van der Waals surface area contributed by atoms with Crippen LogP contribution in [0.1, 0.15) is 11.1 Å². The van der Waals surface area contributed by atoms with E-state index in [4.69, 9.17) is 23.2 Å². The second-order valence-corrected chi connectivity index (χ2v) is 7.07. The van der Waals surface area contributed by atoms with Crippen molar-refractivity contribution in [1.82, 2.24) is 4.98 Å². The van der Waals surface area contributed by atoms with Crippen molar-refractivity contribution in [3.8, 4) is 11.3 Å². The van der Waals surface area contributed by atoms with Crippen LogP contribution in [-0.2, 0) is 11.2 Å². The molecule has 0 radical (unpaired) electrons. The molecule has 1 amide bonds. The highest BCUT2D eigenvalue weighted by Gasteiger charge is 2.11. The van der Waals surface area contributed by atoms with Crippen LogP contribution < -0.4 is 5.32 Å². The largest absolute Gasteiger partial charge is 0.302 e. The monoisotopic (exact) mass is 376 g/mol. The number of nitrogens with zero attached hydrogens (tertiary/aromatic N) is 1. The summed E-state index contributed by atoms with van der Waals surface area (Å²) in [6.45, 7) is 2.04. The summed E-state index contributed by atoms with van der Waals surface area (Å²) >= 11 is 13.4. The lowest BCUT2D eigenvalue weighted by Crippen LogP contribution is -2.14. The minimum Gasteiger partial charge on any atom is -0.302 e. The van der Waals surface area contributed by atoms with Crippen LogP contribution in [-0.4, -0.2) is 10.9 Å². The van der Waals surface area contributed by atoms with Crippen LogP contribution in [0.5, 0.6) is 0 Å². The van der Waals surface area contributed by atoms with Crippen LogP contribution in [0.2, 0.25) is 10.0 Å². The second kappa shape index (κ2) is 7.34. The van der Waals surface area contributed by atoms with Gasteiger partial charge in [-0.1, -0.05) is 59.1 Å². The molecule has 24 heavy (non-hydrogen) atoms. The van der Waals surface area contributed by atoms with E-state index in [1.807, 2.05) is 36.6 Å². The molecule has 0 atom stereocenters. The Morgan fingerprint density at radius 1 is 1.17 bits per heavy atom. The maximum absolute atomic E-state index is 12.2. The normalized spacial score (nSPS) is 10.6. The average Bonchev–Trinajstić information content (AvgIpc) is 2.99. The van der Waals surface area contributed by atoms with Crippen LogP contribution in [0.3, 0.4) is 0 Å². The molecule has 1 aromatic heterocycles. The van der Waals surface area contributed by atoms with Gasteiger partial charge in [-0.3, -0.25) is 4.79 Å². The van der Waals surface area contributed by atoms with Gasteiger partial charge in [0.05, 0.1) is 12.1 Å². The predicted molar refractivity (Wildman–Crippen MR) is 101 cm³/mol. The van der Waals surface area contributed by atoms with Gasteiger partial charge in [-0.05, 0) is 24.6 Å². The molecule has 0 spiro atoms. The first-order chi connectivity index (χ1) is 11.5. The Labute approximate surface area is 154 Å². The fourth-order valence-corrected chi connectivity index (χ4v) is 3.40. The number of carbonyl (C=O) groups excluding carboxylic acids is 1. The quantitative estimate of drug-likeness (QED) is 0.642. The maximum Gasteiger partial charge on any atom is 0.230 e. The summed E-state index contributed by atoms with van der Waals surface area (Å²) in [4.78, 5) is 16.6. The number of aromatic nitrogens is 1. The summed E-state index contributed by atoms with van der Waals surface area (Å²) in [5.41, 5.74) is 3.80. The molecule has 0 saturated heterocycles. The van der Waals surface area contributed by atoms with Crippen LogP contribution in [0.15, 0.2) is 47.8 Å². The molecular weight excluding hydrogens is 363 g/mol. The highest BCUT2D eigenvalue weighted by atomic mass is 35.5. The summed E-state index contributed by atoms with van der Waals surface area (Å²) in [5, 5.41) is 6.34. The van der Waals surface area contributed by atoms with Crippen molar-refractivity contribution in [2.75, 3.05) is 5.32 Å². The third kappa shape index (κ3) is 4.15. The zero-order chi connectivity index (χ0) is 17.1. The molecule has 3 nitrogen and oxygen atoms in total. The van der Waals surface area contributed by atoms with Gasteiger partial charge in [-0.2, -0.15) is 0 Å². The Bertz CT molecular complexity index is 875. The minimum absolute atomic E-state index is 0.163. The number of hydrogen-bond donors (Lipinski definition) is 1. The number of halogens is 2. The standard InChI is InChI=1S/C18H14Cl2N2OS/c1-11-2-4-12(5-3-11)16-10-24-18(21-16)22-17(23)8-13-6-7-14(19)9-15(13)20/h2-7,9-10H,8H2,1H3,(H,21,22,23). The third-order valence-corrected chi connectivity index (χ3v) is 4.81. The third-order valence-electron chi connectivity index (χ3n) is 3.46. The molecule has 0 aliphatic carbocycles. The first-order valence-corrected chi connectivity index (χ1v) is 8.91. The van der Waals surface area contributed by atoms with Crippen molar-refractivity contribution in [3.63, 3.8) is 0 Å². The molecule has 2 aromatic carbocycles. The summed E-state index contributed by atoms with van der Waals surface area (Å²) in [6.07, 6.45) is 0.176. The van der Waals surface area contributed by atoms with E-state index in [1.54, 1.807) is 18.2 Å². The summed E-state index contributed by atoms with van der Waals surface area (Å²) in [5.74, 6) is -0.163. The topological polar surface area (TPSA) is 42.0 Å². The number of aryl methyl sites for hydroxylation is 1. The van der Waals surface area contributed by atoms with E-state index in [9.17, 15) is 4.79 Å². The number of nitrogens with one attached hydrogen (secondary N) is 1. The molecule has 0 aliphatic heterocycles. The molecule has 0 saturated carbocycles. The van der Waals surface area contributed by atoms with Gasteiger partial charge in [0.1, 0.15) is 0 Å². The first-order valence-electron chi connectivity index (χ1n) is 7.27. The summed E-state index contributed by atoms with van der Waals surface area (Å²) in [6, 6.07) is 13.2. The van der Waals surface area contributed by atoms with Crippen molar-refractivity contribution in [2.45, 2.75) is 13.3 Å². The molecule has 0 fully saturated rings. The Morgan fingerprint density at radius 3 is 2.62 bits per heavy atom. The lowest BCUT2D eigenvalue weighted by Gasteiger charge is -2.04. The van der Waals surface area contributed by atoms with E-state index in [1.165, 1.54) is 16.9 Å². The molecule has 0 unspecified atom stereocenters. The Kier molecular flexibility index (Phi) is 5.19. The maximum atomic E-state index is 12.2. The number of rotatable bonds is 4. The molecule has 1 N–H and O–H groups in total. The van der Waals surface area contributed by atoms with Gasteiger partial charge in [-0.15, -0.1) is 11.3 Å². The van der Waals surface area contributed by atoms with Crippen LogP contribution in [0, 0.1) is 6.92 Å². The number of thiazole rings is 1. The van der Waals surface area contributed by atoms with Gasteiger partial charge >= 0.3 is 0 Å². The lowest BCUT2D eigenvalue weighted by atomic mass is 10.1. The van der Waals surface area contributed by atoms with E-state index < -0.39 is 0 Å². The number of anilines is 1. The summed E-state index contributed by atoms with van der Waals surface area (Å²) < 4.78 is 0. The molecule has 1 heterocycles. The number of hydrogen-bond acceptors (Lipinski definition) is 3. The molecule has 0 aliphatic rings. The first kappa shape index (κ1) is 17.0. The Hall–Kier alpha value is -1.88. The number of amides is 1. The van der Waals surface area contributed by atoms with Crippen molar-refractivity contribution in [2.24, 2.45) is 0 Å². The van der Waals surface area contributed by atoms with E-state index in [2.05, 4.69) is 10.3 Å². The van der Waals surface area contributed by atoms with E-state index in [0.717, 1.165) is 16.8 Å². The van der Waals surface area contributed by atoms with Crippen LogP contribution in [0.4, 0.5) is 5.13 Å². The fourth-order valence-electron chi connectivity index (χ4n) is 2.19. The van der Waals surface area contributed by atoms with Gasteiger partial charge in [-0.25, -0.2) is 4.98 Å². The highest BCUT2D eigenvalue weighted by Crippen LogP contribution is 2.26. The highest BCUT2D eigenvalue weighted by molar-refractivity contribution is 7.14. The van der Waals surface area contributed by atoms with Crippen LogP contribution in [0.25, 0.3) is 11.3 Å². The van der Waals surface area contributed by atoms with Crippen molar-refractivity contribution >= 4 is 45.6 Å². The Balaban J connectivity index is 1.68. The van der Waals surface area contributed by atoms with Gasteiger partial charge in [0.2, 0.25) is 5.91 Å². The van der Waals surface area contributed by atoms with E-state index >= 15 is 0 Å². The summed E-state index contributed by atoms with van der Waals surface area (Å²) in [7, 11) is 0. The van der Waals surface area contributed by atoms with Crippen molar-refractivity contribution in [1.29, 1.82) is 0 Å². The minimum atomic E-state index is -0.163. The van der Waals surface area contributed by atoms with Crippen LogP contribution >= 0.6 is 34.5 Å². The molecular formula is C18H14Cl2N2OS. The van der Waals surface area contributed by atoms with Crippen molar-refractivity contribution in [3.05, 3.63) is 69.0 Å². The van der Waals surface area contributed by atoms with Gasteiger partial charge < -0.3 is 5.32 Å². The van der Waals surface area contributed by atoms with Gasteiger partial charge in [0.15, 0.2) is 5.13 Å². The van der Waals surface area contributed by atoms with Gasteiger partial charge in [0, 0.05) is 21.0 Å². The van der Waals surface area contributed by atoms with E-state index in [0.29, 0.717) is 15.2 Å². The molecule has 122 valence electrons. The lowest BCUT2D eigenvalue weighted by molar-refractivity contribution is -0.115. The zero-order valence-electron chi connectivity index (χ0n) is 12.8. The molecule has 0 bridgehead atoms. The van der Waals surface area contributed by atoms with E-state index in [-0.39, 0.29) is 12.3 Å². The predicted octanol–water partition coefficient (Wildman–Crippen LogP) is 5.61. The average molecular weight is 377 g/mol. The molecule has 3 rings (SSSR count). The zero-order valence-corrected chi connectivity index (χ0v) is 15.2. The molecule has 3 aromatic rings. The smallest absolute Gasteiger partial charge is 0.230 e. The second-order valence-electron chi connectivity index (χ2n) is 5.36. The number of benzene rings is 2. The van der Waals surface area contributed by atoms with Crippen molar-refractivity contribution < 1.29 is 4.79 Å². The molecule has 6 heteroatoms. The number of carbonyl (C=O) groups is 1. The Morgan fingerprint density at radius 2 is 1.92 bits per heavy atom. The fraction of sp³-hybridized carbons (Fsp3) is 0.111. The SMILES string of the molecule is Cc1ccc(-c2csc(NC(=O)Cc3ccc(Cl)cc3Cl)n2)cc1. The van der Waals surface area contributed by atoms with Gasteiger partial charge in [0.25, 0.3) is 0 Å².